The van der Waals surface area contributed by atoms with Crippen molar-refractivity contribution in [1.29, 1.82) is 0 Å². The molecule has 0 bridgehead atoms. The predicted molar refractivity (Wildman–Crippen MR) is 79.3 cm³/mol. The van der Waals surface area contributed by atoms with Gasteiger partial charge in [0.05, 0.1) is 5.69 Å². The summed E-state index contributed by atoms with van der Waals surface area (Å²) in [4.78, 5) is 0.296. The Balaban J connectivity index is 2.05. The first kappa shape index (κ1) is 15.3. The molecule has 0 atom stereocenters. The molecule has 0 amide bonds. The molecule has 1 fully saturated rings. The van der Waals surface area contributed by atoms with Crippen molar-refractivity contribution in [3.05, 3.63) is 24.3 Å². The molecule has 0 spiro atoms. The maximum absolute atomic E-state index is 12.4. The lowest BCUT2D eigenvalue weighted by atomic mass is 10.0. The molecule has 0 heterocycles. The SMILES string of the molecule is CNc1ccccc1S(=O)(=O)NCC1(CCOC)CC1. The average Bonchev–Trinajstić information content (AvgIpc) is 3.24. The number of hydrogen-bond acceptors (Lipinski definition) is 4. The number of rotatable bonds is 8. The Kier molecular flexibility index (Phi) is 4.67. The van der Waals surface area contributed by atoms with Crippen molar-refractivity contribution in [2.75, 3.05) is 32.6 Å². The maximum Gasteiger partial charge on any atom is 0.242 e. The zero-order chi connectivity index (χ0) is 14.6. The molecule has 1 aliphatic rings. The maximum atomic E-state index is 12.4. The Bertz CT molecular complexity index is 553. The number of ether oxygens (including phenoxy) is 1. The van der Waals surface area contributed by atoms with Gasteiger partial charge in [0, 0.05) is 27.3 Å². The van der Waals surface area contributed by atoms with Crippen LogP contribution in [-0.4, -0.2) is 35.7 Å². The van der Waals surface area contributed by atoms with E-state index in [9.17, 15) is 8.42 Å². The zero-order valence-electron chi connectivity index (χ0n) is 12.0. The summed E-state index contributed by atoms with van der Waals surface area (Å²) in [7, 11) is -0.0869. The van der Waals surface area contributed by atoms with Crippen molar-refractivity contribution in [1.82, 2.24) is 4.72 Å². The van der Waals surface area contributed by atoms with Gasteiger partial charge in [0.2, 0.25) is 10.0 Å². The second-order valence-electron chi connectivity index (χ2n) is 5.31. The second kappa shape index (κ2) is 6.11. The van der Waals surface area contributed by atoms with Crippen LogP contribution in [0.3, 0.4) is 0 Å². The summed E-state index contributed by atoms with van der Waals surface area (Å²) in [5, 5.41) is 2.91. The van der Waals surface area contributed by atoms with Crippen LogP contribution in [0, 0.1) is 5.41 Å². The second-order valence-corrected chi connectivity index (χ2v) is 7.05. The highest BCUT2D eigenvalue weighted by atomic mass is 32.2. The number of anilines is 1. The van der Waals surface area contributed by atoms with E-state index in [0.717, 1.165) is 19.3 Å². The van der Waals surface area contributed by atoms with Crippen LogP contribution in [0.2, 0.25) is 0 Å². The van der Waals surface area contributed by atoms with Gasteiger partial charge in [-0.1, -0.05) is 12.1 Å². The van der Waals surface area contributed by atoms with Gasteiger partial charge in [0.15, 0.2) is 0 Å². The van der Waals surface area contributed by atoms with E-state index >= 15 is 0 Å². The topological polar surface area (TPSA) is 67.4 Å². The molecule has 0 aromatic heterocycles. The normalized spacial score (nSPS) is 16.9. The highest BCUT2D eigenvalue weighted by Crippen LogP contribution is 2.48. The zero-order valence-corrected chi connectivity index (χ0v) is 12.8. The predicted octanol–water partition coefficient (Wildman–Crippen LogP) is 1.82. The number of benzene rings is 1. The van der Waals surface area contributed by atoms with Gasteiger partial charge in [-0.05, 0) is 36.8 Å². The molecule has 6 heteroatoms. The molecular formula is C14H22N2O3S. The monoisotopic (exact) mass is 298 g/mol. The standard InChI is InChI=1S/C14H22N2O3S/c1-15-12-5-3-4-6-13(12)20(17,18)16-11-14(7-8-14)9-10-19-2/h3-6,15-16H,7-11H2,1-2H3. The van der Waals surface area contributed by atoms with E-state index in [1.165, 1.54) is 0 Å². The Morgan fingerprint density at radius 2 is 2.00 bits per heavy atom. The summed E-state index contributed by atoms with van der Waals surface area (Å²) in [6.07, 6.45) is 3.03. The van der Waals surface area contributed by atoms with Crippen LogP contribution in [0.1, 0.15) is 19.3 Å². The molecule has 1 aromatic rings. The minimum atomic E-state index is -3.47. The first-order valence-electron chi connectivity index (χ1n) is 6.78. The molecule has 5 nitrogen and oxygen atoms in total. The van der Waals surface area contributed by atoms with E-state index < -0.39 is 10.0 Å². The number of para-hydroxylation sites is 1. The van der Waals surface area contributed by atoms with Crippen LogP contribution >= 0.6 is 0 Å². The molecule has 0 saturated heterocycles. The van der Waals surface area contributed by atoms with Gasteiger partial charge in [-0.25, -0.2) is 13.1 Å². The largest absolute Gasteiger partial charge is 0.387 e. The number of hydrogen-bond donors (Lipinski definition) is 2. The molecule has 1 aliphatic carbocycles. The highest BCUT2D eigenvalue weighted by Gasteiger charge is 2.42. The van der Waals surface area contributed by atoms with Crippen molar-refractivity contribution >= 4 is 15.7 Å². The third-order valence-corrected chi connectivity index (χ3v) is 5.34. The first-order chi connectivity index (χ1) is 9.53. The van der Waals surface area contributed by atoms with Gasteiger partial charge in [-0.2, -0.15) is 0 Å². The van der Waals surface area contributed by atoms with Crippen molar-refractivity contribution in [3.63, 3.8) is 0 Å². The highest BCUT2D eigenvalue weighted by molar-refractivity contribution is 7.89. The summed E-state index contributed by atoms with van der Waals surface area (Å²) in [6.45, 7) is 1.16. The van der Waals surface area contributed by atoms with Gasteiger partial charge < -0.3 is 10.1 Å². The van der Waals surface area contributed by atoms with Crippen LogP contribution in [-0.2, 0) is 14.8 Å². The Morgan fingerprint density at radius 1 is 1.30 bits per heavy atom. The smallest absolute Gasteiger partial charge is 0.242 e. The van der Waals surface area contributed by atoms with E-state index in [-0.39, 0.29) is 5.41 Å². The average molecular weight is 298 g/mol. The molecule has 0 unspecified atom stereocenters. The lowest BCUT2D eigenvalue weighted by molar-refractivity contribution is 0.173. The fourth-order valence-electron chi connectivity index (χ4n) is 2.24. The molecule has 2 rings (SSSR count). The summed E-state index contributed by atoms with van der Waals surface area (Å²) < 4.78 is 32.6. The molecule has 20 heavy (non-hydrogen) atoms. The van der Waals surface area contributed by atoms with E-state index in [1.54, 1.807) is 32.4 Å². The van der Waals surface area contributed by atoms with Gasteiger partial charge in [-0.3, -0.25) is 0 Å². The summed E-state index contributed by atoms with van der Waals surface area (Å²) in [5.74, 6) is 0. The Labute approximate surface area is 120 Å². The van der Waals surface area contributed by atoms with Crippen molar-refractivity contribution in [2.24, 2.45) is 5.41 Å². The fourth-order valence-corrected chi connectivity index (χ4v) is 3.61. The molecule has 0 aliphatic heterocycles. The first-order valence-corrected chi connectivity index (χ1v) is 8.27. The van der Waals surface area contributed by atoms with Gasteiger partial charge in [0.25, 0.3) is 0 Å². The van der Waals surface area contributed by atoms with Crippen LogP contribution in [0.4, 0.5) is 5.69 Å². The van der Waals surface area contributed by atoms with Crippen LogP contribution in [0.25, 0.3) is 0 Å². The van der Waals surface area contributed by atoms with Gasteiger partial charge in [-0.15, -0.1) is 0 Å². The van der Waals surface area contributed by atoms with Crippen LogP contribution < -0.4 is 10.0 Å². The fraction of sp³-hybridized carbons (Fsp3) is 0.571. The molecule has 0 radical (unpaired) electrons. The van der Waals surface area contributed by atoms with E-state index in [1.807, 2.05) is 6.07 Å². The number of sulfonamides is 1. The van der Waals surface area contributed by atoms with Crippen molar-refractivity contribution in [2.45, 2.75) is 24.2 Å². The third kappa shape index (κ3) is 3.50. The lowest BCUT2D eigenvalue weighted by Gasteiger charge is -2.16. The van der Waals surface area contributed by atoms with Crippen molar-refractivity contribution in [3.8, 4) is 0 Å². The molecule has 2 N–H and O–H groups in total. The lowest BCUT2D eigenvalue weighted by Crippen LogP contribution is -2.31. The summed E-state index contributed by atoms with van der Waals surface area (Å²) in [6, 6.07) is 6.91. The quantitative estimate of drug-likeness (QED) is 0.768. The summed E-state index contributed by atoms with van der Waals surface area (Å²) >= 11 is 0. The van der Waals surface area contributed by atoms with Crippen LogP contribution in [0.15, 0.2) is 29.2 Å². The number of nitrogens with one attached hydrogen (secondary N) is 2. The van der Waals surface area contributed by atoms with E-state index in [0.29, 0.717) is 23.7 Å². The molecule has 112 valence electrons. The Morgan fingerprint density at radius 3 is 2.60 bits per heavy atom. The molecule has 1 aromatic carbocycles. The molecule has 1 saturated carbocycles. The van der Waals surface area contributed by atoms with E-state index in [2.05, 4.69) is 10.0 Å². The van der Waals surface area contributed by atoms with Crippen LogP contribution in [0.5, 0.6) is 0 Å². The Hall–Kier alpha value is -1.11. The van der Waals surface area contributed by atoms with Gasteiger partial charge in [0.1, 0.15) is 4.90 Å². The molecular weight excluding hydrogens is 276 g/mol. The minimum absolute atomic E-state index is 0.0949. The van der Waals surface area contributed by atoms with Crippen molar-refractivity contribution < 1.29 is 13.2 Å². The number of methoxy groups -OCH3 is 1. The van der Waals surface area contributed by atoms with E-state index in [4.69, 9.17) is 4.74 Å². The third-order valence-electron chi connectivity index (χ3n) is 3.88. The summed E-state index contributed by atoms with van der Waals surface area (Å²) in [5.41, 5.74) is 0.708. The minimum Gasteiger partial charge on any atom is -0.387 e. The van der Waals surface area contributed by atoms with Gasteiger partial charge >= 0.3 is 0 Å².